The molecule has 0 fully saturated rings. The molecule has 1 N–H and O–H groups in total. The fourth-order valence-corrected chi connectivity index (χ4v) is 3.08. The van der Waals surface area contributed by atoms with Crippen LogP contribution in [0.25, 0.3) is 0 Å². The Balaban J connectivity index is 1.71. The maximum atomic E-state index is 5.64. The Labute approximate surface area is 127 Å². The van der Waals surface area contributed by atoms with Gasteiger partial charge in [-0.25, -0.2) is 4.98 Å². The highest BCUT2D eigenvalue weighted by Gasteiger charge is 2.06. The highest BCUT2D eigenvalue weighted by atomic mass is 32.1. The van der Waals surface area contributed by atoms with Crippen LogP contribution >= 0.6 is 22.7 Å². The molecule has 0 atom stereocenters. The fourth-order valence-electron chi connectivity index (χ4n) is 1.63. The standard InChI is InChI=1S/C13H20N4OS2/c1-9(2)6-14-7-12-16-17-13(20-12)18-5-4-11-10(3)15-8-19-11/h8-9,14H,4-7H2,1-3H3. The zero-order chi connectivity index (χ0) is 14.4. The van der Waals surface area contributed by atoms with E-state index in [0.29, 0.717) is 17.7 Å². The van der Waals surface area contributed by atoms with E-state index in [9.17, 15) is 0 Å². The summed E-state index contributed by atoms with van der Waals surface area (Å²) < 4.78 is 5.64. The average Bonchev–Trinajstić information content (AvgIpc) is 2.99. The lowest BCUT2D eigenvalue weighted by molar-refractivity contribution is 0.318. The van der Waals surface area contributed by atoms with E-state index >= 15 is 0 Å². The van der Waals surface area contributed by atoms with E-state index in [2.05, 4.69) is 34.3 Å². The molecule has 110 valence electrons. The molecule has 7 heteroatoms. The number of ether oxygens (including phenoxy) is 1. The predicted molar refractivity (Wildman–Crippen MR) is 82.5 cm³/mol. The van der Waals surface area contributed by atoms with Gasteiger partial charge in [0.25, 0.3) is 5.19 Å². The van der Waals surface area contributed by atoms with Gasteiger partial charge in [0.1, 0.15) is 5.01 Å². The van der Waals surface area contributed by atoms with Gasteiger partial charge < -0.3 is 10.1 Å². The van der Waals surface area contributed by atoms with Gasteiger partial charge in [-0.15, -0.1) is 21.5 Å². The molecule has 0 aliphatic carbocycles. The first-order chi connectivity index (χ1) is 9.65. The molecule has 0 radical (unpaired) electrons. The number of aryl methyl sites for hydroxylation is 1. The monoisotopic (exact) mass is 312 g/mol. The maximum absolute atomic E-state index is 5.64. The summed E-state index contributed by atoms with van der Waals surface area (Å²) in [5.41, 5.74) is 2.96. The second-order valence-electron chi connectivity index (χ2n) is 4.95. The fraction of sp³-hybridized carbons (Fsp3) is 0.615. The van der Waals surface area contributed by atoms with Crippen LogP contribution < -0.4 is 10.1 Å². The lowest BCUT2D eigenvalue weighted by Crippen LogP contribution is -2.18. The molecule has 0 amide bonds. The third-order valence-corrected chi connectivity index (χ3v) is 4.51. The van der Waals surface area contributed by atoms with E-state index in [1.165, 1.54) is 16.2 Å². The van der Waals surface area contributed by atoms with Crippen molar-refractivity contribution in [3.05, 3.63) is 21.1 Å². The number of hydrogen-bond acceptors (Lipinski definition) is 7. The summed E-state index contributed by atoms with van der Waals surface area (Å²) in [5.74, 6) is 0.640. The molecule has 0 bridgehead atoms. The van der Waals surface area contributed by atoms with Gasteiger partial charge in [-0.1, -0.05) is 25.2 Å². The number of rotatable bonds is 8. The van der Waals surface area contributed by atoms with Gasteiger partial charge in [-0.2, -0.15) is 0 Å². The lowest BCUT2D eigenvalue weighted by atomic mass is 10.2. The Kier molecular flexibility index (Phi) is 5.87. The first-order valence-electron chi connectivity index (χ1n) is 6.70. The smallest absolute Gasteiger partial charge is 0.294 e. The topological polar surface area (TPSA) is 59.9 Å². The Bertz CT molecular complexity index is 524. The van der Waals surface area contributed by atoms with Gasteiger partial charge >= 0.3 is 0 Å². The summed E-state index contributed by atoms with van der Waals surface area (Å²) in [7, 11) is 0. The highest BCUT2D eigenvalue weighted by Crippen LogP contribution is 2.19. The number of nitrogens with one attached hydrogen (secondary N) is 1. The Morgan fingerprint density at radius 2 is 2.20 bits per heavy atom. The van der Waals surface area contributed by atoms with Gasteiger partial charge in [0.15, 0.2) is 0 Å². The summed E-state index contributed by atoms with van der Waals surface area (Å²) >= 11 is 3.18. The van der Waals surface area contributed by atoms with E-state index in [-0.39, 0.29) is 0 Å². The van der Waals surface area contributed by atoms with Crippen LogP contribution in [0.1, 0.15) is 29.4 Å². The van der Waals surface area contributed by atoms with E-state index in [0.717, 1.165) is 30.2 Å². The molecule has 0 aromatic carbocycles. The average molecular weight is 312 g/mol. The van der Waals surface area contributed by atoms with Crippen molar-refractivity contribution in [2.24, 2.45) is 5.92 Å². The van der Waals surface area contributed by atoms with E-state index in [1.54, 1.807) is 11.3 Å². The van der Waals surface area contributed by atoms with Crippen molar-refractivity contribution in [2.75, 3.05) is 13.2 Å². The Hall–Kier alpha value is -1.05. The van der Waals surface area contributed by atoms with Crippen molar-refractivity contribution in [3.8, 4) is 5.19 Å². The first kappa shape index (κ1) is 15.3. The van der Waals surface area contributed by atoms with Crippen molar-refractivity contribution in [1.29, 1.82) is 0 Å². The van der Waals surface area contributed by atoms with Crippen LogP contribution in [-0.2, 0) is 13.0 Å². The van der Waals surface area contributed by atoms with Gasteiger partial charge in [0.2, 0.25) is 0 Å². The molecule has 2 aromatic heterocycles. The van der Waals surface area contributed by atoms with Crippen LogP contribution in [-0.4, -0.2) is 28.3 Å². The second kappa shape index (κ2) is 7.66. The number of nitrogens with zero attached hydrogens (tertiary/aromatic N) is 3. The van der Waals surface area contributed by atoms with E-state index < -0.39 is 0 Å². The molecular formula is C13H20N4OS2. The van der Waals surface area contributed by atoms with Gasteiger partial charge in [0.05, 0.1) is 17.8 Å². The molecule has 20 heavy (non-hydrogen) atoms. The first-order valence-corrected chi connectivity index (χ1v) is 8.39. The summed E-state index contributed by atoms with van der Waals surface area (Å²) in [6.45, 7) is 8.76. The Morgan fingerprint density at radius 3 is 2.90 bits per heavy atom. The SMILES string of the molecule is Cc1ncsc1CCOc1nnc(CNCC(C)C)s1. The third kappa shape index (κ3) is 4.81. The second-order valence-corrected chi connectivity index (χ2v) is 6.91. The van der Waals surface area contributed by atoms with Crippen molar-refractivity contribution in [2.45, 2.75) is 33.7 Å². The number of hydrogen-bond donors (Lipinski definition) is 1. The van der Waals surface area contributed by atoms with Crippen LogP contribution in [0.3, 0.4) is 0 Å². The normalized spacial score (nSPS) is 11.2. The van der Waals surface area contributed by atoms with Crippen LogP contribution in [0.2, 0.25) is 0 Å². The number of thiazole rings is 1. The quantitative estimate of drug-likeness (QED) is 0.812. The molecular weight excluding hydrogens is 292 g/mol. The molecule has 2 aromatic rings. The van der Waals surface area contributed by atoms with Gasteiger partial charge in [0, 0.05) is 17.8 Å². The van der Waals surface area contributed by atoms with Gasteiger partial charge in [-0.3, -0.25) is 0 Å². The molecule has 0 aliphatic rings. The molecule has 5 nitrogen and oxygen atoms in total. The van der Waals surface area contributed by atoms with Crippen LogP contribution in [0, 0.1) is 12.8 Å². The van der Waals surface area contributed by atoms with E-state index in [4.69, 9.17) is 4.74 Å². The maximum Gasteiger partial charge on any atom is 0.294 e. The zero-order valence-corrected chi connectivity index (χ0v) is 13.7. The molecule has 2 rings (SSSR count). The molecule has 0 saturated carbocycles. The molecule has 0 spiro atoms. The summed E-state index contributed by atoms with van der Waals surface area (Å²) in [6.07, 6.45) is 0.872. The third-order valence-electron chi connectivity index (χ3n) is 2.68. The minimum atomic E-state index is 0.622. The predicted octanol–water partition coefficient (Wildman–Crippen LogP) is 2.67. The van der Waals surface area contributed by atoms with Crippen molar-refractivity contribution >= 4 is 22.7 Å². The molecule has 0 unspecified atom stereocenters. The van der Waals surface area contributed by atoms with Crippen molar-refractivity contribution in [3.63, 3.8) is 0 Å². The highest BCUT2D eigenvalue weighted by molar-refractivity contribution is 7.13. The van der Waals surface area contributed by atoms with E-state index in [1.807, 2.05) is 12.4 Å². The minimum absolute atomic E-state index is 0.622. The largest absolute Gasteiger partial charge is 0.469 e. The minimum Gasteiger partial charge on any atom is -0.469 e. The van der Waals surface area contributed by atoms with Gasteiger partial charge in [-0.05, 0) is 19.4 Å². The molecule has 0 aliphatic heterocycles. The zero-order valence-electron chi connectivity index (χ0n) is 12.0. The van der Waals surface area contributed by atoms with Crippen LogP contribution in [0.5, 0.6) is 5.19 Å². The molecule has 0 saturated heterocycles. The van der Waals surface area contributed by atoms with Crippen molar-refractivity contribution in [1.82, 2.24) is 20.5 Å². The summed E-state index contributed by atoms with van der Waals surface area (Å²) in [6, 6.07) is 0. The van der Waals surface area contributed by atoms with Crippen LogP contribution in [0.15, 0.2) is 5.51 Å². The lowest BCUT2D eigenvalue weighted by Gasteiger charge is -2.04. The Morgan fingerprint density at radius 1 is 1.35 bits per heavy atom. The number of aromatic nitrogens is 3. The summed E-state index contributed by atoms with van der Waals surface area (Å²) in [5, 5.41) is 13.1. The molecule has 2 heterocycles. The van der Waals surface area contributed by atoms with Crippen LogP contribution in [0.4, 0.5) is 0 Å². The summed E-state index contributed by atoms with van der Waals surface area (Å²) in [4.78, 5) is 5.50. The van der Waals surface area contributed by atoms with Crippen molar-refractivity contribution < 1.29 is 4.74 Å².